The summed E-state index contributed by atoms with van der Waals surface area (Å²) in [4.78, 5) is 12.3. The van der Waals surface area contributed by atoms with Gasteiger partial charge in [-0.25, -0.2) is 4.68 Å². The highest BCUT2D eigenvalue weighted by Crippen LogP contribution is 2.36. The summed E-state index contributed by atoms with van der Waals surface area (Å²) in [6.45, 7) is 2.14. The highest BCUT2D eigenvalue weighted by Gasteiger charge is 2.40. The highest BCUT2D eigenvalue weighted by atomic mass is 35.5. The molecule has 0 atom stereocenters. The third-order valence-corrected chi connectivity index (χ3v) is 4.42. The summed E-state index contributed by atoms with van der Waals surface area (Å²) in [5.41, 5.74) is -0.275. The smallest absolute Gasteiger partial charge is 0.434 e. The number of aryl methyl sites for hydroxylation is 2. The molecule has 11 heteroatoms. The van der Waals surface area contributed by atoms with Crippen LogP contribution in [-0.4, -0.2) is 25.5 Å². The molecule has 2 heterocycles. The van der Waals surface area contributed by atoms with E-state index in [1.54, 1.807) is 0 Å². The first-order valence-corrected chi connectivity index (χ1v) is 8.92. The molecular weight excluding hydrogens is 411 g/mol. The number of ether oxygens (including phenoxy) is 1. The van der Waals surface area contributed by atoms with Crippen LogP contribution in [0.4, 0.5) is 18.9 Å². The first-order valence-electron chi connectivity index (χ1n) is 8.54. The summed E-state index contributed by atoms with van der Waals surface area (Å²) >= 11 is 5.71. The molecule has 3 rings (SSSR count). The molecule has 0 aliphatic carbocycles. The topological polar surface area (TPSA) is 74.0 Å². The average Bonchev–Trinajstić information content (AvgIpc) is 3.23. The maximum Gasteiger partial charge on any atom is 0.434 e. The number of carbonyl (C=O) groups excluding carboxylic acids is 1. The van der Waals surface area contributed by atoms with Crippen LogP contribution >= 0.6 is 11.6 Å². The molecule has 1 aromatic carbocycles. The van der Waals surface area contributed by atoms with Gasteiger partial charge in [-0.1, -0.05) is 30.7 Å². The molecular formula is C18H17ClF3N5O2. The van der Waals surface area contributed by atoms with E-state index in [2.05, 4.69) is 22.4 Å². The van der Waals surface area contributed by atoms with Gasteiger partial charge < -0.3 is 10.1 Å². The van der Waals surface area contributed by atoms with Crippen molar-refractivity contribution < 1.29 is 22.7 Å². The molecule has 0 unspecified atom stereocenters. The maximum absolute atomic E-state index is 13.0. The second-order valence-corrected chi connectivity index (χ2v) is 6.50. The highest BCUT2D eigenvalue weighted by molar-refractivity contribution is 6.34. The Labute approximate surface area is 169 Å². The van der Waals surface area contributed by atoms with Crippen molar-refractivity contribution in [2.75, 3.05) is 5.32 Å². The van der Waals surface area contributed by atoms with E-state index in [1.165, 1.54) is 22.6 Å². The van der Waals surface area contributed by atoms with Gasteiger partial charge in [0.2, 0.25) is 0 Å². The second kappa shape index (κ2) is 8.16. The number of hydrogen-bond acceptors (Lipinski definition) is 4. The molecule has 0 radical (unpaired) electrons. The number of nitrogens with one attached hydrogen (secondary N) is 1. The van der Waals surface area contributed by atoms with Gasteiger partial charge in [-0.2, -0.15) is 23.4 Å². The minimum Gasteiger partial charge on any atom is -0.471 e. The fourth-order valence-corrected chi connectivity index (χ4v) is 2.96. The van der Waals surface area contributed by atoms with E-state index in [0.29, 0.717) is 10.4 Å². The van der Waals surface area contributed by atoms with E-state index >= 15 is 0 Å². The van der Waals surface area contributed by atoms with Crippen molar-refractivity contribution in [3.05, 3.63) is 58.6 Å². The van der Waals surface area contributed by atoms with Crippen molar-refractivity contribution in [2.24, 2.45) is 7.05 Å². The molecule has 1 amide bonds. The largest absolute Gasteiger partial charge is 0.471 e. The first kappa shape index (κ1) is 20.7. The van der Waals surface area contributed by atoms with E-state index in [1.807, 2.05) is 24.3 Å². The zero-order chi connectivity index (χ0) is 21.2. The standard InChI is InChI=1S/C18H17ClF3N5O2/c1-3-11-4-6-13(7-5-11)29-10-27-9-12(8-23-27)24-17(28)15-14(19)16(18(20,21)22)26(2)25-15/h4-9H,3,10H2,1-2H3,(H,24,28). The molecule has 7 nitrogen and oxygen atoms in total. The number of halogens is 4. The molecule has 0 saturated heterocycles. The van der Waals surface area contributed by atoms with Crippen LogP contribution in [0.5, 0.6) is 5.75 Å². The Hall–Kier alpha value is -3.01. The van der Waals surface area contributed by atoms with Crippen molar-refractivity contribution in [2.45, 2.75) is 26.3 Å². The summed E-state index contributed by atoms with van der Waals surface area (Å²) in [5, 5.41) is 9.26. The zero-order valence-electron chi connectivity index (χ0n) is 15.5. The molecule has 29 heavy (non-hydrogen) atoms. The third-order valence-electron chi connectivity index (χ3n) is 4.06. The van der Waals surface area contributed by atoms with Crippen LogP contribution in [0.15, 0.2) is 36.7 Å². The van der Waals surface area contributed by atoms with Gasteiger partial charge in [0.05, 0.1) is 18.1 Å². The van der Waals surface area contributed by atoms with Crippen molar-refractivity contribution in [3.63, 3.8) is 0 Å². The van der Waals surface area contributed by atoms with E-state index in [0.717, 1.165) is 13.5 Å². The van der Waals surface area contributed by atoms with Crippen molar-refractivity contribution in [3.8, 4) is 5.75 Å². The van der Waals surface area contributed by atoms with Crippen molar-refractivity contribution in [1.29, 1.82) is 0 Å². The maximum atomic E-state index is 13.0. The Kier molecular flexibility index (Phi) is 5.83. The summed E-state index contributed by atoms with van der Waals surface area (Å²) in [6.07, 6.45) is -0.995. The Balaban J connectivity index is 1.64. The minimum absolute atomic E-state index is 0.0872. The van der Waals surface area contributed by atoms with Gasteiger partial charge in [0.25, 0.3) is 5.91 Å². The quantitative estimate of drug-likeness (QED) is 0.641. The van der Waals surface area contributed by atoms with Gasteiger partial charge in [-0.3, -0.25) is 9.48 Å². The number of anilines is 1. The van der Waals surface area contributed by atoms with Gasteiger partial charge >= 0.3 is 6.18 Å². The molecule has 1 N–H and O–H groups in total. The SMILES string of the molecule is CCc1ccc(OCn2cc(NC(=O)c3nn(C)c(C(F)(F)F)c3Cl)cn2)cc1. The van der Waals surface area contributed by atoms with Gasteiger partial charge in [-0.15, -0.1) is 0 Å². The van der Waals surface area contributed by atoms with Crippen LogP contribution in [0.25, 0.3) is 0 Å². The Morgan fingerprint density at radius 1 is 1.28 bits per heavy atom. The van der Waals surface area contributed by atoms with Crippen LogP contribution in [0.1, 0.15) is 28.7 Å². The van der Waals surface area contributed by atoms with Gasteiger partial charge in [-0.05, 0) is 24.1 Å². The number of carbonyl (C=O) groups is 1. The molecule has 154 valence electrons. The number of rotatable bonds is 6. The number of nitrogens with zero attached hydrogens (tertiary/aromatic N) is 4. The first-order chi connectivity index (χ1) is 13.7. The Bertz CT molecular complexity index is 1010. The monoisotopic (exact) mass is 427 g/mol. The zero-order valence-corrected chi connectivity index (χ0v) is 16.3. The molecule has 2 aromatic heterocycles. The number of benzene rings is 1. The summed E-state index contributed by atoms with van der Waals surface area (Å²) in [6, 6.07) is 7.59. The molecule has 0 aliphatic heterocycles. The third kappa shape index (κ3) is 4.70. The van der Waals surface area contributed by atoms with Gasteiger partial charge in [0.1, 0.15) is 10.8 Å². The van der Waals surface area contributed by atoms with Crippen molar-refractivity contribution in [1.82, 2.24) is 19.6 Å². The van der Waals surface area contributed by atoms with E-state index < -0.39 is 28.5 Å². The van der Waals surface area contributed by atoms with Crippen LogP contribution in [-0.2, 0) is 26.4 Å². The molecule has 0 bridgehead atoms. The lowest BCUT2D eigenvalue weighted by atomic mass is 10.2. The number of alkyl halides is 3. The number of amides is 1. The predicted molar refractivity (Wildman–Crippen MR) is 99.8 cm³/mol. The van der Waals surface area contributed by atoms with E-state index in [4.69, 9.17) is 16.3 Å². The van der Waals surface area contributed by atoms with Gasteiger partial charge in [0.15, 0.2) is 18.1 Å². The van der Waals surface area contributed by atoms with Gasteiger partial charge in [0, 0.05) is 7.05 Å². The van der Waals surface area contributed by atoms with E-state index in [-0.39, 0.29) is 12.4 Å². The number of aromatic nitrogens is 4. The van der Waals surface area contributed by atoms with Crippen LogP contribution in [0.3, 0.4) is 0 Å². The Morgan fingerprint density at radius 2 is 1.97 bits per heavy atom. The summed E-state index contributed by atoms with van der Waals surface area (Å²) < 4.78 is 46.5. The molecule has 0 aliphatic rings. The fourth-order valence-electron chi connectivity index (χ4n) is 2.60. The second-order valence-electron chi connectivity index (χ2n) is 6.13. The predicted octanol–water partition coefficient (Wildman–Crippen LogP) is 4.14. The van der Waals surface area contributed by atoms with Crippen LogP contribution in [0.2, 0.25) is 5.02 Å². The lowest BCUT2D eigenvalue weighted by Crippen LogP contribution is -2.13. The lowest BCUT2D eigenvalue weighted by molar-refractivity contribution is -0.143. The molecule has 0 spiro atoms. The van der Waals surface area contributed by atoms with E-state index in [9.17, 15) is 18.0 Å². The van der Waals surface area contributed by atoms with Crippen LogP contribution < -0.4 is 10.1 Å². The van der Waals surface area contributed by atoms with Crippen molar-refractivity contribution >= 4 is 23.2 Å². The number of hydrogen-bond donors (Lipinski definition) is 1. The summed E-state index contributed by atoms with van der Waals surface area (Å²) in [5.74, 6) is -0.222. The normalized spacial score (nSPS) is 11.5. The molecule has 3 aromatic rings. The molecule has 0 saturated carbocycles. The summed E-state index contributed by atoms with van der Waals surface area (Å²) in [7, 11) is 1.06. The fraction of sp³-hybridized carbons (Fsp3) is 0.278. The van der Waals surface area contributed by atoms with Crippen LogP contribution in [0, 0.1) is 0 Å². The average molecular weight is 428 g/mol. The lowest BCUT2D eigenvalue weighted by Gasteiger charge is -2.06. The minimum atomic E-state index is -4.73. The molecule has 0 fully saturated rings. The Morgan fingerprint density at radius 3 is 2.55 bits per heavy atom.